The molecule has 0 aromatic carbocycles. The average Bonchev–Trinajstić information content (AvgIpc) is 2.29. The first-order valence-corrected chi connectivity index (χ1v) is 6.19. The zero-order chi connectivity index (χ0) is 12.1. The van der Waals surface area contributed by atoms with E-state index in [1.54, 1.807) is 0 Å². The van der Waals surface area contributed by atoms with Crippen LogP contribution >= 0.6 is 0 Å². The molecule has 0 bridgehead atoms. The van der Waals surface area contributed by atoms with Crippen LogP contribution < -0.4 is 0 Å². The maximum absolute atomic E-state index is 12.2. The normalized spacial score (nSPS) is 19.5. The van der Waals surface area contributed by atoms with Crippen molar-refractivity contribution in [2.24, 2.45) is 17.8 Å². The van der Waals surface area contributed by atoms with Crippen molar-refractivity contribution < 1.29 is 14.3 Å². The van der Waals surface area contributed by atoms with Crippen molar-refractivity contribution in [2.45, 2.75) is 46.0 Å². The first kappa shape index (κ1) is 13.2. The van der Waals surface area contributed by atoms with E-state index in [-0.39, 0.29) is 23.6 Å². The number of methoxy groups -OCH3 is 1. The quantitative estimate of drug-likeness (QED) is 0.546. The second kappa shape index (κ2) is 6.02. The number of carbonyl (C=O) groups excluding carboxylic acids is 2. The van der Waals surface area contributed by atoms with Crippen molar-refractivity contribution in [2.75, 3.05) is 7.11 Å². The number of hydrogen-bond donors (Lipinski definition) is 0. The van der Waals surface area contributed by atoms with Gasteiger partial charge in [0.1, 0.15) is 11.7 Å². The lowest BCUT2D eigenvalue weighted by Gasteiger charge is -2.25. The van der Waals surface area contributed by atoms with Gasteiger partial charge in [-0.25, -0.2) is 0 Å². The van der Waals surface area contributed by atoms with Gasteiger partial charge in [-0.05, 0) is 18.8 Å². The molecule has 0 heterocycles. The van der Waals surface area contributed by atoms with Crippen LogP contribution in [0.1, 0.15) is 46.0 Å². The molecule has 0 aromatic rings. The molecule has 16 heavy (non-hydrogen) atoms. The molecule has 1 unspecified atom stereocenters. The Bertz CT molecular complexity index is 252. The van der Waals surface area contributed by atoms with Crippen LogP contribution in [0.15, 0.2) is 0 Å². The zero-order valence-electron chi connectivity index (χ0n) is 10.5. The molecule has 1 rings (SSSR count). The van der Waals surface area contributed by atoms with E-state index >= 15 is 0 Å². The van der Waals surface area contributed by atoms with Crippen LogP contribution in [0.3, 0.4) is 0 Å². The Morgan fingerprint density at radius 2 is 1.69 bits per heavy atom. The average molecular weight is 226 g/mol. The highest BCUT2D eigenvalue weighted by atomic mass is 16.5. The van der Waals surface area contributed by atoms with Gasteiger partial charge in [0.05, 0.1) is 7.11 Å². The molecule has 3 heteroatoms. The van der Waals surface area contributed by atoms with E-state index in [1.165, 1.54) is 13.5 Å². The summed E-state index contributed by atoms with van der Waals surface area (Å²) in [6.07, 6.45) is 5.33. The number of hydrogen-bond acceptors (Lipinski definition) is 3. The van der Waals surface area contributed by atoms with Crippen molar-refractivity contribution in [1.29, 1.82) is 0 Å². The lowest BCUT2D eigenvalue weighted by Crippen LogP contribution is -2.35. The molecular weight excluding hydrogens is 204 g/mol. The van der Waals surface area contributed by atoms with E-state index < -0.39 is 5.92 Å². The van der Waals surface area contributed by atoms with Gasteiger partial charge in [-0.15, -0.1) is 0 Å². The molecule has 1 aliphatic rings. The van der Waals surface area contributed by atoms with E-state index in [0.29, 0.717) is 0 Å². The van der Waals surface area contributed by atoms with Crippen LogP contribution in [0.25, 0.3) is 0 Å². The molecule has 0 aromatic heterocycles. The summed E-state index contributed by atoms with van der Waals surface area (Å²) in [6.45, 7) is 3.81. The van der Waals surface area contributed by atoms with Gasteiger partial charge in [-0.2, -0.15) is 0 Å². The lowest BCUT2D eigenvalue weighted by atomic mass is 9.78. The van der Waals surface area contributed by atoms with E-state index in [2.05, 4.69) is 0 Å². The maximum atomic E-state index is 12.2. The van der Waals surface area contributed by atoms with Crippen molar-refractivity contribution in [3.8, 4) is 0 Å². The van der Waals surface area contributed by atoms with Crippen molar-refractivity contribution in [3.05, 3.63) is 0 Å². The van der Waals surface area contributed by atoms with Crippen LogP contribution in [0.2, 0.25) is 0 Å². The molecule has 0 N–H and O–H groups in total. The molecule has 1 fully saturated rings. The molecule has 1 saturated carbocycles. The smallest absolute Gasteiger partial charge is 0.316 e. The molecule has 0 amide bonds. The van der Waals surface area contributed by atoms with Crippen LogP contribution in [0.4, 0.5) is 0 Å². The predicted octanol–water partition coefficient (Wildman–Crippen LogP) is 2.58. The summed E-state index contributed by atoms with van der Waals surface area (Å²) in [5.41, 5.74) is 0. The van der Waals surface area contributed by atoms with Gasteiger partial charge < -0.3 is 4.74 Å². The number of esters is 1. The monoisotopic (exact) mass is 226 g/mol. The fraction of sp³-hybridized carbons (Fsp3) is 0.846. The molecule has 0 radical (unpaired) electrons. The van der Waals surface area contributed by atoms with Crippen LogP contribution in [0.5, 0.6) is 0 Å². The Morgan fingerprint density at radius 3 is 2.12 bits per heavy atom. The Balaban J connectivity index is 2.69. The van der Waals surface area contributed by atoms with E-state index in [4.69, 9.17) is 4.74 Å². The SMILES string of the molecule is COC(=O)C(C(=O)C1CCCCC1)C(C)C. The Morgan fingerprint density at radius 1 is 1.12 bits per heavy atom. The number of rotatable bonds is 4. The summed E-state index contributed by atoms with van der Waals surface area (Å²) in [7, 11) is 1.35. The van der Waals surface area contributed by atoms with Gasteiger partial charge in [0.2, 0.25) is 0 Å². The third kappa shape index (κ3) is 3.06. The summed E-state index contributed by atoms with van der Waals surface area (Å²) in [6, 6.07) is 0. The minimum Gasteiger partial charge on any atom is -0.468 e. The number of carbonyl (C=O) groups is 2. The molecular formula is C13H22O3. The van der Waals surface area contributed by atoms with Crippen molar-refractivity contribution in [3.63, 3.8) is 0 Å². The van der Waals surface area contributed by atoms with Crippen LogP contribution in [0, 0.1) is 17.8 Å². The molecule has 0 spiro atoms. The minimum absolute atomic E-state index is 0.0295. The first-order valence-electron chi connectivity index (χ1n) is 6.19. The highest BCUT2D eigenvalue weighted by Gasteiger charge is 2.35. The Labute approximate surface area is 97.5 Å². The number of Topliss-reactive ketones (excluding diaryl/α,β-unsaturated/α-hetero) is 1. The zero-order valence-corrected chi connectivity index (χ0v) is 10.5. The van der Waals surface area contributed by atoms with Crippen molar-refractivity contribution >= 4 is 11.8 Å². The summed E-state index contributed by atoms with van der Waals surface area (Å²) in [5, 5.41) is 0. The largest absolute Gasteiger partial charge is 0.468 e. The van der Waals surface area contributed by atoms with Gasteiger partial charge in [0.15, 0.2) is 0 Å². The Hall–Kier alpha value is -0.860. The predicted molar refractivity (Wildman–Crippen MR) is 61.9 cm³/mol. The van der Waals surface area contributed by atoms with Gasteiger partial charge in [-0.3, -0.25) is 9.59 Å². The van der Waals surface area contributed by atoms with E-state index in [0.717, 1.165) is 25.7 Å². The standard InChI is InChI=1S/C13H22O3/c1-9(2)11(13(15)16-3)12(14)10-7-5-4-6-8-10/h9-11H,4-8H2,1-3H3. The van der Waals surface area contributed by atoms with Crippen LogP contribution in [-0.4, -0.2) is 18.9 Å². The highest BCUT2D eigenvalue weighted by molar-refractivity contribution is 6.00. The topological polar surface area (TPSA) is 43.4 Å². The second-order valence-electron chi connectivity index (χ2n) is 4.98. The fourth-order valence-corrected chi connectivity index (χ4v) is 2.48. The summed E-state index contributed by atoms with van der Waals surface area (Å²) < 4.78 is 4.73. The summed E-state index contributed by atoms with van der Waals surface area (Å²) >= 11 is 0. The van der Waals surface area contributed by atoms with Gasteiger partial charge in [-0.1, -0.05) is 33.1 Å². The van der Waals surface area contributed by atoms with E-state index in [9.17, 15) is 9.59 Å². The summed E-state index contributed by atoms with van der Waals surface area (Å²) in [4.78, 5) is 23.8. The third-order valence-electron chi connectivity index (χ3n) is 3.44. The molecule has 92 valence electrons. The van der Waals surface area contributed by atoms with Gasteiger partial charge in [0, 0.05) is 5.92 Å². The second-order valence-corrected chi connectivity index (χ2v) is 4.98. The first-order chi connectivity index (χ1) is 7.57. The van der Waals surface area contributed by atoms with Crippen molar-refractivity contribution in [1.82, 2.24) is 0 Å². The molecule has 1 aliphatic carbocycles. The number of ether oxygens (including phenoxy) is 1. The van der Waals surface area contributed by atoms with Crippen LogP contribution in [-0.2, 0) is 14.3 Å². The molecule has 3 nitrogen and oxygen atoms in total. The van der Waals surface area contributed by atoms with Gasteiger partial charge in [0.25, 0.3) is 0 Å². The van der Waals surface area contributed by atoms with Gasteiger partial charge >= 0.3 is 5.97 Å². The maximum Gasteiger partial charge on any atom is 0.316 e. The minimum atomic E-state index is -0.562. The molecule has 1 atom stereocenters. The summed E-state index contributed by atoms with van der Waals surface area (Å²) in [5.74, 6) is -0.720. The number of ketones is 1. The lowest BCUT2D eigenvalue weighted by molar-refractivity contribution is -0.152. The Kier molecular flexibility index (Phi) is 4.97. The highest BCUT2D eigenvalue weighted by Crippen LogP contribution is 2.29. The molecule has 0 aliphatic heterocycles. The third-order valence-corrected chi connectivity index (χ3v) is 3.44. The van der Waals surface area contributed by atoms with E-state index in [1.807, 2.05) is 13.8 Å². The molecule has 0 saturated heterocycles. The fourth-order valence-electron chi connectivity index (χ4n) is 2.48.